The molecule has 72 valence electrons. The Morgan fingerprint density at radius 1 is 1.38 bits per heavy atom. The number of hydrogen-bond acceptors (Lipinski definition) is 2. The van der Waals surface area contributed by atoms with Crippen molar-refractivity contribution in [2.45, 2.75) is 26.0 Å². The lowest BCUT2D eigenvalue weighted by Gasteiger charge is -2.17. The minimum Gasteiger partial charge on any atom is -0.391 e. The molecule has 2 unspecified atom stereocenters. The molecule has 1 rings (SSSR count). The summed E-state index contributed by atoms with van der Waals surface area (Å²) >= 11 is 5.81. The van der Waals surface area contributed by atoms with Crippen LogP contribution in [0.2, 0.25) is 5.02 Å². The highest BCUT2D eigenvalue weighted by Gasteiger charge is 2.07. The van der Waals surface area contributed by atoms with Gasteiger partial charge >= 0.3 is 0 Å². The molecule has 3 heteroatoms. The van der Waals surface area contributed by atoms with E-state index in [0.29, 0.717) is 5.02 Å². The van der Waals surface area contributed by atoms with Gasteiger partial charge in [0.05, 0.1) is 6.10 Å². The summed E-state index contributed by atoms with van der Waals surface area (Å²) in [5.74, 6) is 0. The van der Waals surface area contributed by atoms with Gasteiger partial charge in [0.2, 0.25) is 0 Å². The highest BCUT2D eigenvalue weighted by molar-refractivity contribution is 6.30. The van der Waals surface area contributed by atoms with Crippen LogP contribution in [0.15, 0.2) is 24.3 Å². The maximum atomic E-state index is 9.26. The fourth-order valence-corrected chi connectivity index (χ4v) is 1.15. The van der Waals surface area contributed by atoms with Crippen molar-refractivity contribution in [1.29, 1.82) is 0 Å². The Balaban J connectivity index is 2.64. The van der Waals surface area contributed by atoms with Crippen molar-refractivity contribution in [2.75, 3.05) is 5.32 Å². The highest BCUT2D eigenvalue weighted by atomic mass is 35.5. The topological polar surface area (TPSA) is 32.3 Å². The number of nitrogens with one attached hydrogen (secondary N) is 1. The summed E-state index contributed by atoms with van der Waals surface area (Å²) in [6, 6.07) is 7.48. The van der Waals surface area contributed by atoms with Crippen molar-refractivity contribution in [2.24, 2.45) is 0 Å². The van der Waals surface area contributed by atoms with Gasteiger partial charge in [0, 0.05) is 16.8 Å². The smallest absolute Gasteiger partial charge is 0.0710 e. The van der Waals surface area contributed by atoms with Gasteiger partial charge in [-0.3, -0.25) is 0 Å². The summed E-state index contributed by atoms with van der Waals surface area (Å²) in [5, 5.41) is 13.1. The summed E-state index contributed by atoms with van der Waals surface area (Å²) in [6.07, 6.45) is -0.376. The van der Waals surface area contributed by atoms with E-state index in [4.69, 9.17) is 11.6 Å². The number of rotatable bonds is 3. The highest BCUT2D eigenvalue weighted by Crippen LogP contribution is 2.16. The Morgan fingerprint density at radius 3 is 2.62 bits per heavy atom. The van der Waals surface area contributed by atoms with Gasteiger partial charge < -0.3 is 10.4 Å². The SMILES string of the molecule is CC(O)C(C)Nc1cccc(Cl)c1. The maximum absolute atomic E-state index is 9.26. The molecule has 0 aliphatic heterocycles. The molecule has 0 saturated carbocycles. The van der Waals surface area contributed by atoms with Crippen LogP contribution < -0.4 is 5.32 Å². The number of anilines is 1. The van der Waals surface area contributed by atoms with E-state index in [0.717, 1.165) is 5.69 Å². The first kappa shape index (κ1) is 10.4. The second-order valence-electron chi connectivity index (χ2n) is 3.18. The Labute approximate surface area is 83.5 Å². The van der Waals surface area contributed by atoms with Crippen LogP contribution in [0.1, 0.15) is 13.8 Å². The minimum atomic E-state index is -0.376. The van der Waals surface area contributed by atoms with Crippen LogP contribution in [-0.2, 0) is 0 Å². The van der Waals surface area contributed by atoms with Crippen LogP contribution in [-0.4, -0.2) is 17.3 Å². The van der Waals surface area contributed by atoms with Crippen molar-refractivity contribution >= 4 is 17.3 Å². The van der Waals surface area contributed by atoms with E-state index in [-0.39, 0.29) is 12.1 Å². The van der Waals surface area contributed by atoms with Gasteiger partial charge in [-0.15, -0.1) is 0 Å². The van der Waals surface area contributed by atoms with Gasteiger partial charge in [0.1, 0.15) is 0 Å². The number of aliphatic hydroxyl groups is 1. The zero-order valence-electron chi connectivity index (χ0n) is 7.79. The van der Waals surface area contributed by atoms with Gasteiger partial charge in [-0.2, -0.15) is 0 Å². The van der Waals surface area contributed by atoms with E-state index in [1.807, 2.05) is 31.2 Å². The first-order chi connectivity index (χ1) is 6.09. The summed E-state index contributed by atoms with van der Waals surface area (Å²) in [5.41, 5.74) is 0.931. The molecule has 0 heterocycles. The number of benzene rings is 1. The molecule has 0 aliphatic carbocycles. The third-order valence-corrected chi connectivity index (χ3v) is 2.18. The quantitative estimate of drug-likeness (QED) is 0.784. The monoisotopic (exact) mass is 199 g/mol. The third-order valence-electron chi connectivity index (χ3n) is 1.94. The molecule has 0 aliphatic rings. The minimum absolute atomic E-state index is 0.0264. The van der Waals surface area contributed by atoms with Crippen molar-refractivity contribution in [1.82, 2.24) is 0 Å². The molecular weight excluding hydrogens is 186 g/mol. The predicted octanol–water partition coefficient (Wildman–Crippen LogP) is 2.52. The first-order valence-corrected chi connectivity index (χ1v) is 4.67. The molecule has 0 radical (unpaired) electrons. The largest absolute Gasteiger partial charge is 0.391 e. The van der Waals surface area contributed by atoms with Crippen LogP contribution in [0.5, 0.6) is 0 Å². The number of aliphatic hydroxyl groups excluding tert-OH is 1. The molecule has 0 bridgehead atoms. The van der Waals surface area contributed by atoms with Crippen molar-refractivity contribution in [3.05, 3.63) is 29.3 Å². The molecule has 1 aromatic rings. The number of hydrogen-bond donors (Lipinski definition) is 2. The Kier molecular flexibility index (Phi) is 3.58. The first-order valence-electron chi connectivity index (χ1n) is 4.30. The second-order valence-corrected chi connectivity index (χ2v) is 3.62. The molecule has 2 nitrogen and oxygen atoms in total. The maximum Gasteiger partial charge on any atom is 0.0710 e. The van der Waals surface area contributed by atoms with Crippen LogP contribution in [0.3, 0.4) is 0 Å². The molecule has 2 atom stereocenters. The van der Waals surface area contributed by atoms with E-state index in [2.05, 4.69) is 5.32 Å². The molecular formula is C10H14ClNO. The Hall–Kier alpha value is -0.730. The van der Waals surface area contributed by atoms with Crippen LogP contribution in [0.4, 0.5) is 5.69 Å². The predicted molar refractivity (Wildman–Crippen MR) is 56.2 cm³/mol. The normalized spacial score (nSPS) is 15.1. The lowest BCUT2D eigenvalue weighted by molar-refractivity contribution is 0.178. The van der Waals surface area contributed by atoms with E-state index < -0.39 is 0 Å². The molecule has 0 saturated heterocycles. The molecule has 2 N–H and O–H groups in total. The summed E-state index contributed by atoms with van der Waals surface area (Å²) < 4.78 is 0. The van der Waals surface area contributed by atoms with Crippen LogP contribution in [0.25, 0.3) is 0 Å². The summed E-state index contributed by atoms with van der Waals surface area (Å²) in [7, 11) is 0. The van der Waals surface area contributed by atoms with Gasteiger partial charge in [-0.05, 0) is 32.0 Å². The Bertz CT molecular complexity index is 275. The lowest BCUT2D eigenvalue weighted by atomic mass is 10.2. The van der Waals surface area contributed by atoms with E-state index in [9.17, 15) is 5.11 Å². The van der Waals surface area contributed by atoms with Crippen molar-refractivity contribution in [3.63, 3.8) is 0 Å². The van der Waals surface area contributed by atoms with Gasteiger partial charge in [0.15, 0.2) is 0 Å². The van der Waals surface area contributed by atoms with Crippen molar-refractivity contribution < 1.29 is 5.11 Å². The van der Waals surface area contributed by atoms with Gasteiger partial charge in [-0.1, -0.05) is 17.7 Å². The van der Waals surface area contributed by atoms with E-state index >= 15 is 0 Å². The number of halogens is 1. The van der Waals surface area contributed by atoms with E-state index in [1.54, 1.807) is 6.92 Å². The van der Waals surface area contributed by atoms with Crippen LogP contribution in [0, 0.1) is 0 Å². The second kappa shape index (κ2) is 4.49. The average Bonchev–Trinajstić information content (AvgIpc) is 2.04. The molecule has 0 spiro atoms. The molecule has 0 aromatic heterocycles. The van der Waals surface area contributed by atoms with Gasteiger partial charge in [-0.25, -0.2) is 0 Å². The van der Waals surface area contributed by atoms with Crippen molar-refractivity contribution in [3.8, 4) is 0 Å². The zero-order chi connectivity index (χ0) is 9.84. The van der Waals surface area contributed by atoms with Gasteiger partial charge in [0.25, 0.3) is 0 Å². The molecule has 1 aromatic carbocycles. The third kappa shape index (κ3) is 3.25. The lowest BCUT2D eigenvalue weighted by Crippen LogP contribution is -2.27. The molecule has 13 heavy (non-hydrogen) atoms. The molecule has 0 fully saturated rings. The summed E-state index contributed by atoms with van der Waals surface area (Å²) in [4.78, 5) is 0. The van der Waals surface area contributed by atoms with E-state index in [1.165, 1.54) is 0 Å². The fourth-order valence-electron chi connectivity index (χ4n) is 0.962. The fraction of sp³-hybridized carbons (Fsp3) is 0.400. The standard InChI is InChI=1S/C10H14ClNO/c1-7(8(2)13)12-10-5-3-4-9(11)6-10/h3-8,12-13H,1-2H3. The zero-order valence-corrected chi connectivity index (χ0v) is 8.55. The van der Waals surface area contributed by atoms with Crippen LogP contribution >= 0.6 is 11.6 Å². The average molecular weight is 200 g/mol. The molecule has 0 amide bonds. The Morgan fingerprint density at radius 2 is 2.08 bits per heavy atom. The summed E-state index contributed by atoms with van der Waals surface area (Å²) in [6.45, 7) is 3.67.